The smallest absolute Gasteiger partial charge is 0.347 e. The number of carbonyl (C=O) groups excluding carboxylic acids is 2. The zero-order chi connectivity index (χ0) is 13.5. The number of carbonyl (C=O) groups is 2. The first-order chi connectivity index (χ1) is 9.31. The molecule has 2 rings (SSSR count). The molecule has 0 aromatic heterocycles. The standard InChI is InChI=1S/C15H12O4/c16-10-11-18-14-9-5-4-8-13(14)15(17)19-12-6-2-1-3-7-12/h1-10H,11H2. The molecule has 0 radical (unpaired) electrons. The van der Waals surface area contributed by atoms with E-state index < -0.39 is 5.97 Å². The van der Waals surface area contributed by atoms with Crippen LogP contribution in [0.3, 0.4) is 0 Å². The Balaban J connectivity index is 2.16. The predicted octanol–water partition coefficient (Wildman–Crippen LogP) is 2.48. The Kier molecular flexibility index (Phi) is 4.29. The molecular formula is C15H12O4. The van der Waals surface area contributed by atoms with Gasteiger partial charge in [-0.25, -0.2) is 4.79 Å². The lowest BCUT2D eigenvalue weighted by atomic mass is 10.2. The fourth-order valence-corrected chi connectivity index (χ4v) is 1.54. The molecule has 0 saturated carbocycles. The summed E-state index contributed by atoms with van der Waals surface area (Å²) in [6.07, 6.45) is 0.624. The van der Waals surface area contributed by atoms with Gasteiger partial charge in [-0.05, 0) is 24.3 Å². The molecule has 4 nitrogen and oxygen atoms in total. The van der Waals surface area contributed by atoms with E-state index in [1.54, 1.807) is 48.5 Å². The highest BCUT2D eigenvalue weighted by molar-refractivity contribution is 5.94. The molecule has 0 heterocycles. The van der Waals surface area contributed by atoms with Crippen molar-refractivity contribution in [3.05, 3.63) is 60.2 Å². The van der Waals surface area contributed by atoms with Gasteiger partial charge in [0.05, 0.1) is 0 Å². The number of hydrogen-bond acceptors (Lipinski definition) is 4. The number of hydrogen-bond donors (Lipinski definition) is 0. The van der Waals surface area contributed by atoms with Gasteiger partial charge in [0, 0.05) is 0 Å². The van der Waals surface area contributed by atoms with Crippen molar-refractivity contribution in [1.29, 1.82) is 0 Å². The Labute approximate surface area is 110 Å². The molecule has 2 aromatic carbocycles. The molecule has 0 fully saturated rings. The van der Waals surface area contributed by atoms with E-state index >= 15 is 0 Å². The molecule has 96 valence electrons. The summed E-state index contributed by atoms with van der Waals surface area (Å²) < 4.78 is 10.4. The Morgan fingerprint density at radius 3 is 2.42 bits per heavy atom. The van der Waals surface area contributed by atoms with Gasteiger partial charge in [0.1, 0.15) is 23.7 Å². The second-order valence-electron chi connectivity index (χ2n) is 3.68. The highest BCUT2D eigenvalue weighted by Gasteiger charge is 2.14. The summed E-state index contributed by atoms with van der Waals surface area (Å²) in [6.45, 7) is -0.102. The van der Waals surface area contributed by atoms with Gasteiger partial charge in [-0.15, -0.1) is 0 Å². The SMILES string of the molecule is O=CCOc1ccccc1C(=O)Oc1ccccc1. The summed E-state index contributed by atoms with van der Waals surface area (Å²) in [5.74, 6) is 0.265. The van der Waals surface area contributed by atoms with E-state index in [-0.39, 0.29) is 12.2 Å². The lowest BCUT2D eigenvalue weighted by Gasteiger charge is -2.09. The van der Waals surface area contributed by atoms with Crippen molar-refractivity contribution in [3.8, 4) is 11.5 Å². The van der Waals surface area contributed by atoms with Crippen LogP contribution in [0.15, 0.2) is 54.6 Å². The maximum absolute atomic E-state index is 12.0. The summed E-state index contributed by atoms with van der Waals surface area (Å²) in [4.78, 5) is 22.3. The van der Waals surface area contributed by atoms with Crippen LogP contribution in [-0.4, -0.2) is 18.9 Å². The van der Waals surface area contributed by atoms with E-state index in [1.165, 1.54) is 0 Å². The van der Waals surface area contributed by atoms with Crippen molar-refractivity contribution >= 4 is 12.3 Å². The van der Waals surface area contributed by atoms with Crippen molar-refractivity contribution in [2.45, 2.75) is 0 Å². The van der Waals surface area contributed by atoms with E-state index in [0.717, 1.165) is 0 Å². The van der Waals surface area contributed by atoms with Gasteiger partial charge < -0.3 is 9.47 Å². The topological polar surface area (TPSA) is 52.6 Å². The molecule has 19 heavy (non-hydrogen) atoms. The van der Waals surface area contributed by atoms with Crippen molar-refractivity contribution in [1.82, 2.24) is 0 Å². The maximum Gasteiger partial charge on any atom is 0.347 e. The van der Waals surface area contributed by atoms with E-state index in [2.05, 4.69) is 0 Å². The highest BCUT2D eigenvalue weighted by atomic mass is 16.5. The van der Waals surface area contributed by atoms with Crippen LogP contribution < -0.4 is 9.47 Å². The minimum absolute atomic E-state index is 0.102. The van der Waals surface area contributed by atoms with Gasteiger partial charge in [-0.3, -0.25) is 4.79 Å². The van der Waals surface area contributed by atoms with Crippen molar-refractivity contribution in [3.63, 3.8) is 0 Å². The first-order valence-electron chi connectivity index (χ1n) is 5.74. The fourth-order valence-electron chi connectivity index (χ4n) is 1.54. The van der Waals surface area contributed by atoms with Gasteiger partial charge in [-0.2, -0.15) is 0 Å². The molecule has 2 aromatic rings. The summed E-state index contributed by atoms with van der Waals surface area (Å²) in [6, 6.07) is 15.4. The average Bonchev–Trinajstić information content (AvgIpc) is 2.46. The van der Waals surface area contributed by atoms with Crippen LogP contribution >= 0.6 is 0 Å². The highest BCUT2D eigenvalue weighted by Crippen LogP contribution is 2.20. The zero-order valence-electron chi connectivity index (χ0n) is 10.1. The molecule has 0 saturated heterocycles. The lowest BCUT2D eigenvalue weighted by Crippen LogP contribution is -2.11. The second-order valence-corrected chi connectivity index (χ2v) is 3.68. The minimum Gasteiger partial charge on any atom is -0.485 e. The number of benzene rings is 2. The van der Waals surface area contributed by atoms with Crippen molar-refractivity contribution in [2.75, 3.05) is 6.61 Å². The molecule has 0 aliphatic rings. The van der Waals surface area contributed by atoms with Crippen LogP contribution in [0.2, 0.25) is 0 Å². The molecule has 0 bridgehead atoms. The number of para-hydroxylation sites is 2. The summed E-state index contributed by atoms with van der Waals surface area (Å²) >= 11 is 0. The fraction of sp³-hybridized carbons (Fsp3) is 0.0667. The third-order valence-corrected chi connectivity index (χ3v) is 2.37. The summed E-state index contributed by atoms with van der Waals surface area (Å²) in [5, 5.41) is 0. The molecule has 4 heteroatoms. The van der Waals surface area contributed by atoms with Crippen LogP contribution in [-0.2, 0) is 4.79 Å². The monoisotopic (exact) mass is 256 g/mol. The van der Waals surface area contributed by atoms with Gasteiger partial charge in [0.15, 0.2) is 6.29 Å². The quantitative estimate of drug-likeness (QED) is 0.468. The number of rotatable bonds is 5. The van der Waals surface area contributed by atoms with Crippen molar-refractivity contribution in [2.24, 2.45) is 0 Å². The molecule has 0 spiro atoms. The summed E-state index contributed by atoms with van der Waals surface area (Å²) in [7, 11) is 0. The Bertz CT molecular complexity index is 563. The van der Waals surface area contributed by atoms with Crippen LogP contribution in [0.5, 0.6) is 11.5 Å². The Morgan fingerprint density at radius 2 is 1.68 bits per heavy atom. The molecule has 0 N–H and O–H groups in total. The molecular weight excluding hydrogens is 244 g/mol. The maximum atomic E-state index is 12.0. The average molecular weight is 256 g/mol. The largest absolute Gasteiger partial charge is 0.485 e. The van der Waals surface area contributed by atoms with Gasteiger partial charge in [0.25, 0.3) is 0 Å². The molecule has 0 aliphatic heterocycles. The predicted molar refractivity (Wildman–Crippen MR) is 69.4 cm³/mol. The van der Waals surface area contributed by atoms with E-state index in [0.29, 0.717) is 17.8 Å². The van der Waals surface area contributed by atoms with Crippen LogP contribution in [0.1, 0.15) is 10.4 Å². The number of ether oxygens (including phenoxy) is 2. The molecule has 0 amide bonds. The van der Waals surface area contributed by atoms with Crippen LogP contribution in [0.25, 0.3) is 0 Å². The first kappa shape index (κ1) is 12.8. The van der Waals surface area contributed by atoms with Crippen LogP contribution in [0.4, 0.5) is 0 Å². The second kappa shape index (κ2) is 6.35. The zero-order valence-corrected chi connectivity index (χ0v) is 10.1. The lowest BCUT2D eigenvalue weighted by molar-refractivity contribution is -0.109. The van der Waals surface area contributed by atoms with Gasteiger partial charge >= 0.3 is 5.97 Å². The van der Waals surface area contributed by atoms with Crippen molar-refractivity contribution < 1.29 is 19.1 Å². The summed E-state index contributed by atoms with van der Waals surface area (Å²) in [5.41, 5.74) is 0.285. The minimum atomic E-state index is -0.521. The Morgan fingerprint density at radius 1 is 1.00 bits per heavy atom. The number of aldehydes is 1. The van der Waals surface area contributed by atoms with Crippen LogP contribution in [0, 0.1) is 0 Å². The normalized spacial score (nSPS) is 9.68. The van der Waals surface area contributed by atoms with E-state index in [9.17, 15) is 9.59 Å². The number of esters is 1. The van der Waals surface area contributed by atoms with E-state index in [4.69, 9.17) is 9.47 Å². The Hall–Kier alpha value is -2.62. The van der Waals surface area contributed by atoms with Gasteiger partial charge in [0.2, 0.25) is 0 Å². The van der Waals surface area contributed by atoms with E-state index in [1.807, 2.05) is 6.07 Å². The first-order valence-corrected chi connectivity index (χ1v) is 5.74. The third-order valence-electron chi connectivity index (χ3n) is 2.37. The third kappa shape index (κ3) is 3.42. The molecule has 0 aliphatic carbocycles. The molecule has 0 unspecified atom stereocenters. The molecule has 0 atom stereocenters. The van der Waals surface area contributed by atoms with Gasteiger partial charge in [-0.1, -0.05) is 30.3 Å².